The second kappa shape index (κ2) is 8.77. The number of likely N-dealkylation sites (tertiary alicyclic amines) is 1. The van der Waals surface area contributed by atoms with Crippen LogP contribution in [0.5, 0.6) is 5.75 Å². The van der Waals surface area contributed by atoms with Crippen LogP contribution >= 0.6 is 0 Å². The number of alkyl halides is 3. The Labute approximate surface area is 202 Å². The van der Waals surface area contributed by atoms with Gasteiger partial charge in [-0.25, -0.2) is 4.79 Å². The normalized spacial score (nSPS) is 20.7. The fraction of sp³-hybridized carbons (Fsp3) is 0.462. The number of nitrogens with zero attached hydrogens (tertiary/aromatic N) is 2. The Kier molecular flexibility index (Phi) is 6.23. The van der Waals surface area contributed by atoms with Gasteiger partial charge < -0.3 is 14.7 Å². The molecule has 0 saturated carbocycles. The van der Waals surface area contributed by atoms with Crippen molar-refractivity contribution >= 4 is 12.0 Å². The van der Waals surface area contributed by atoms with Crippen molar-refractivity contribution in [3.8, 4) is 16.9 Å². The second-order valence-electron chi connectivity index (χ2n) is 10.1. The van der Waals surface area contributed by atoms with Gasteiger partial charge in [0, 0.05) is 18.7 Å². The molecule has 0 unspecified atom stereocenters. The topological polar surface area (TPSA) is 70.1 Å². The fourth-order valence-corrected chi connectivity index (χ4v) is 5.26. The monoisotopic (exact) mass is 490 g/mol. The smallest absolute Gasteiger partial charge is 0.416 e. The molecule has 0 spiro atoms. The zero-order valence-corrected chi connectivity index (χ0v) is 20.0. The molecule has 4 rings (SSSR count). The van der Waals surface area contributed by atoms with E-state index in [1.54, 1.807) is 17.0 Å². The molecule has 2 aromatic carbocycles. The van der Waals surface area contributed by atoms with Crippen molar-refractivity contribution in [2.45, 2.75) is 51.9 Å². The molecule has 2 aliphatic rings. The third kappa shape index (κ3) is 4.44. The number of carboxylic acid groups (broad SMARTS) is 1. The second-order valence-corrected chi connectivity index (χ2v) is 10.1. The average Bonchev–Trinajstić information content (AvgIpc) is 3.15. The molecule has 0 radical (unpaired) electrons. The minimum Gasteiger partial charge on any atom is -0.491 e. The quantitative estimate of drug-likeness (QED) is 0.591. The first kappa shape index (κ1) is 24.9. The van der Waals surface area contributed by atoms with Gasteiger partial charge in [-0.05, 0) is 53.6 Å². The van der Waals surface area contributed by atoms with E-state index in [1.165, 1.54) is 17.0 Å². The molecule has 0 aliphatic carbocycles. The van der Waals surface area contributed by atoms with E-state index in [2.05, 4.69) is 0 Å². The summed E-state index contributed by atoms with van der Waals surface area (Å²) in [7, 11) is 0. The van der Waals surface area contributed by atoms with Crippen LogP contribution in [-0.2, 0) is 17.5 Å². The van der Waals surface area contributed by atoms with Crippen molar-refractivity contribution in [2.75, 3.05) is 19.7 Å². The highest BCUT2D eigenvalue weighted by Crippen LogP contribution is 2.45. The van der Waals surface area contributed by atoms with Crippen molar-refractivity contribution in [3.63, 3.8) is 0 Å². The molecule has 1 N–H and O–H groups in total. The largest absolute Gasteiger partial charge is 0.491 e. The molecule has 9 heteroatoms. The SMILES string of the molecule is CC(C)(C)[C@@]1(C(=O)N2CCOc3ccc(-c4ccc(C(F)(F)F)cc4)cc3C2)CCCN1C(=O)O. The molecule has 1 fully saturated rings. The predicted octanol–water partition coefficient (Wildman–Crippen LogP) is 5.65. The van der Waals surface area contributed by atoms with Crippen molar-refractivity contribution in [1.82, 2.24) is 9.80 Å². The molecule has 35 heavy (non-hydrogen) atoms. The summed E-state index contributed by atoms with van der Waals surface area (Å²) in [5, 5.41) is 9.87. The van der Waals surface area contributed by atoms with Gasteiger partial charge in [0.2, 0.25) is 5.91 Å². The number of hydrogen-bond acceptors (Lipinski definition) is 3. The molecular formula is C26H29F3N2O4. The van der Waals surface area contributed by atoms with Crippen LogP contribution in [0, 0.1) is 5.41 Å². The van der Waals surface area contributed by atoms with Crippen molar-refractivity contribution < 1.29 is 32.6 Å². The Bertz CT molecular complexity index is 1120. The summed E-state index contributed by atoms with van der Waals surface area (Å²) >= 11 is 0. The highest BCUT2D eigenvalue weighted by atomic mass is 19.4. The summed E-state index contributed by atoms with van der Waals surface area (Å²) in [5.74, 6) is 0.351. The standard InChI is InChI=1S/C26H29F3N2O4/c1-24(2,3)25(11-4-12-31(25)23(33)34)22(32)30-13-14-35-21-10-7-18(15-19(21)16-30)17-5-8-20(9-6-17)26(27,28)29/h5-10,15H,4,11-14,16H2,1-3H3,(H,33,34)/t25-/m0/s1. The molecule has 2 aromatic rings. The minimum absolute atomic E-state index is 0.216. The molecule has 0 bridgehead atoms. The van der Waals surface area contributed by atoms with Gasteiger partial charge in [-0.2, -0.15) is 13.2 Å². The summed E-state index contributed by atoms with van der Waals surface area (Å²) in [5.41, 5.74) is -0.498. The molecule has 2 aliphatic heterocycles. The number of amides is 2. The number of benzene rings is 2. The van der Waals surface area contributed by atoms with Crippen LogP contribution in [0.1, 0.15) is 44.7 Å². The van der Waals surface area contributed by atoms with Crippen LogP contribution in [0.25, 0.3) is 11.1 Å². The van der Waals surface area contributed by atoms with Gasteiger partial charge in [0.05, 0.1) is 12.1 Å². The van der Waals surface area contributed by atoms with Gasteiger partial charge in [-0.15, -0.1) is 0 Å². The van der Waals surface area contributed by atoms with Gasteiger partial charge >= 0.3 is 12.3 Å². The Morgan fingerprint density at radius 3 is 2.26 bits per heavy atom. The molecule has 2 heterocycles. The van der Waals surface area contributed by atoms with Crippen molar-refractivity contribution in [1.29, 1.82) is 0 Å². The third-order valence-corrected chi connectivity index (χ3v) is 7.08. The summed E-state index contributed by atoms with van der Waals surface area (Å²) < 4.78 is 44.7. The van der Waals surface area contributed by atoms with E-state index in [-0.39, 0.29) is 19.1 Å². The Morgan fingerprint density at radius 1 is 1.00 bits per heavy atom. The Balaban J connectivity index is 1.66. The average molecular weight is 491 g/mol. The number of hydrogen-bond donors (Lipinski definition) is 1. The molecule has 6 nitrogen and oxygen atoms in total. The predicted molar refractivity (Wildman–Crippen MR) is 124 cm³/mol. The molecule has 188 valence electrons. The van der Waals surface area contributed by atoms with E-state index >= 15 is 0 Å². The zero-order valence-electron chi connectivity index (χ0n) is 20.0. The van der Waals surface area contributed by atoms with E-state index in [1.807, 2.05) is 26.8 Å². The number of carbonyl (C=O) groups excluding carboxylic acids is 1. The lowest BCUT2D eigenvalue weighted by atomic mass is 9.70. The molecular weight excluding hydrogens is 461 g/mol. The minimum atomic E-state index is -4.41. The highest BCUT2D eigenvalue weighted by molar-refractivity contribution is 5.91. The number of carbonyl (C=O) groups is 2. The lowest BCUT2D eigenvalue weighted by molar-refractivity contribution is -0.149. The van der Waals surface area contributed by atoms with Crippen LogP contribution in [0.4, 0.5) is 18.0 Å². The first-order valence-corrected chi connectivity index (χ1v) is 11.6. The van der Waals surface area contributed by atoms with Crippen molar-refractivity contribution in [3.05, 3.63) is 53.6 Å². The van der Waals surface area contributed by atoms with Crippen LogP contribution in [0.2, 0.25) is 0 Å². The summed E-state index contributed by atoms with van der Waals surface area (Å²) in [6.45, 7) is 6.73. The Hall–Kier alpha value is -3.23. The van der Waals surface area contributed by atoms with Gasteiger partial charge in [0.15, 0.2) is 0 Å². The van der Waals surface area contributed by atoms with Crippen molar-refractivity contribution in [2.24, 2.45) is 5.41 Å². The molecule has 2 amide bonds. The number of halogens is 3. The Morgan fingerprint density at radius 2 is 1.66 bits per heavy atom. The van der Waals surface area contributed by atoms with E-state index in [4.69, 9.17) is 4.74 Å². The fourth-order valence-electron chi connectivity index (χ4n) is 5.26. The summed E-state index contributed by atoms with van der Waals surface area (Å²) in [4.78, 5) is 29.0. The van der Waals surface area contributed by atoms with Gasteiger partial charge in [-0.1, -0.05) is 39.0 Å². The molecule has 0 aromatic heterocycles. The number of fused-ring (bicyclic) bond motifs is 1. The number of rotatable bonds is 2. The lowest BCUT2D eigenvalue weighted by Gasteiger charge is -2.47. The summed E-state index contributed by atoms with van der Waals surface area (Å²) in [6, 6.07) is 10.3. The maximum atomic E-state index is 14.0. The third-order valence-electron chi connectivity index (χ3n) is 7.08. The van der Waals surface area contributed by atoms with Gasteiger partial charge in [0.1, 0.15) is 17.9 Å². The van der Waals surface area contributed by atoms with E-state index < -0.39 is 28.8 Å². The highest BCUT2D eigenvalue weighted by Gasteiger charge is 2.58. The first-order valence-electron chi connectivity index (χ1n) is 11.6. The maximum absolute atomic E-state index is 14.0. The number of ether oxygens (including phenoxy) is 1. The van der Waals surface area contributed by atoms with Crippen LogP contribution in [0.15, 0.2) is 42.5 Å². The zero-order chi connectivity index (χ0) is 25.6. The van der Waals surface area contributed by atoms with Crippen LogP contribution in [-0.4, -0.2) is 52.1 Å². The maximum Gasteiger partial charge on any atom is 0.416 e. The van der Waals surface area contributed by atoms with Gasteiger partial charge in [-0.3, -0.25) is 9.69 Å². The van der Waals surface area contributed by atoms with E-state index in [0.717, 1.165) is 17.7 Å². The molecule has 1 saturated heterocycles. The van der Waals surface area contributed by atoms with Crippen LogP contribution in [0.3, 0.4) is 0 Å². The van der Waals surface area contributed by atoms with Crippen LogP contribution < -0.4 is 4.74 Å². The van der Waals surface area contributed by atoms with E-state index in [9.17, 15) is 27.9 Å². The lowest BCUT2D eigenvalue weighted by Crippen LogP contribution is -2.64. The summed E-state index contributed by atoms with van der Waals surface area (Å²) in [6.07, 6.45) is -4.47. The van der Waals surface area contributed by atoms with Gasteiger partial charge in [0.25, 0.3) is 0 Å². The van der Waals surface area contributed by atoms with E-state index in [0.29, 0.717) is 42.8 Å². The molecule has 1 atom stereocenters. The first-order chi connectivity index (χ1) is 16.3.